The minimum atomic E-state index is -0.471. The summed E-state index contributed by atoms with van der Waals surface area (Å²) in [5.41, 5.74) is 0.576. The fraction of sp³-hybridized carbons (Fsp3) is 0.533. The average molecular weight is 265 g/mol. The Morgan fingerprint density at radius 1 is 1.26 bits per heavy atom. The third-order valence-electron chi connectivity index (χ3n) is 2.71. The van der Waals surface area contributed by atoms with Crippen molar-refractivity contribution in [1.29, 1.82) is 0 Å². The van der Waals surface area contributed by atoms with Gasteiger partial charge in [-0.2, -0.15) is 0 Å². The van der Waals surface area contributed by atoms with E-state index in [9.17, 15) is 9.90 Å². The Balaban J connectivity index is 2.44. The molecule has 0 saturated carbocycles. The zero-order valence-corrected chi connectivity index (χ0v) is 11.7. The van der Waals surface area contributed by atoms with Crippen molar-refractivity contribution in [1.82, 2.24) is 5.32 Å². The molecule has 1 aromatic carbocycles. The molecule has 1 rings (SSSR count). The second-order valence-corrected chi connectivity index (χ2v) is 4.53. The first-order chi connectivity index (χ1) is 9.17. The maximum Gasteiger partial charge on any atom is 0.251 e. The van der Waals surface area contributed by atoms with E-state index >= 15 is 0 Å². The lowest BCUT2D eigenvalue weighted by molar-refractivity contribution is 0.0910. The van der Waals surface area contributed by atoms with Crippen molar-refractivity contribution in [3.05, 3.63) is 29.8 Å². The van der Waals surface area contributed by atoms with Gasteiger partial charge in [-0.15, -0.1) is 0 Å². The van der Waals surface area contributed by atoms with E-state index in [0.29, 0.717) is 25.1 Å². The van der Waals surface area contributed by atoms with Crippen LogP contribution in [0.25, 0.3) is 0 Å². The summed E-state index contributed by atoms with van der Waals surface area (Å²) in [6.07, 6.45) is 2.09. The van der Waals surface area contributed by atoms with Crippen LogP contribution in [-0.4, -0.2) is 30.3 Å². The summed E-state index contributed by atoms with van der Waals surface area (Å²) in [5.74, 6) is 0.599. The van der Waals surface area contributed by atoms with Crippen molar-refractivity contribution < 1.29 is 14.6 Å². The molecule has 0 bridgehead atoms. The van der Waals surface area contributed by atoms with Gasteiger partial charge >= 0.3 is 0 Å². The molecule has 0 spiro atoms. The molecular weight excluding hydrogens is 242 g/mol. The molecule has 4 heteroatoms. The largest absolute Gasteiger partial charge is 0.494 e. The van der Waals surface area contributed by atoms with Crippen LogP contribution in [0.2, 0.25) is 0 Å². The number of rotatable bonds is 8. The van der Waals surface area contributed by atoms with E-state index in [1.807, 2.05) is 13.8 Å². The van der Waals surface area contributed by atoms with Crippen LogP contribution in [0.15, 0.2) is 24.3 Å². The smallest absolute Gasteiger partial charge is 0.251 e. The molecule has 0 aliphatic heterocycles. The zero-order chi connectivity index (χ0) is 14.1. The predicted molar refractivity (Wildman–Crippen MR) is 75.5 cm³/mol. The van der Waals surface area contributed by atoms with E-state index < -0.39 is 6.10 Å². The minimum absolute atomic E-state index is 0.169. The molecule has 0 aliphatic carbocycles. The normalized spacial score (nSPS) is 11.9. The van der Waals surface area contributed by atoms with Crippen LogP contribution < -0.4 is 10.1 Å². The molecule has 0 fully saturated rings. The lowest BCUT2D eigenvalue weighted by Crippen LogP contribution is -2.31. The van der Waals surface area contributed by atoms with Crippen LogP contribution in [0, 0.1) is 0 Å². The van der Waals surface area contributed by atoms with Gasteiger partial charge in [-0.25, -0.2) is 0 Å². The summed E-state index contributed by atoms with van der Waals surface area (Å²) in [5, 5.41) is 12.3. The zero-order valence-electron chi connectivity index (χ0n) is 11.7. The van der Waals surface area contributed by atoms with E-state index in [1.54, 1.807) is 24.3 Å². The van der Waals surface area contributed by atoms with Crippen molar-refractivity contribution in [2.24, 2.45) is 0 Å². The minimum Gasteiger partial charge on any atom is -0.494 e. The monoisotopic (exact) mass is 265 g/mol. The van der Waals surface area contributed by atoms with Crippen molar-refractivity contribution >= 4 is 5.91 Å². The molecule has 1 aromatic rings. The van der Waals surface area contributed by atoms with Gasteiger partial charge in [-0.3, -0.25) is 4.79 Å². The van der Waals surface area contributed by atoms with Crippen LogP contribution in [0.1, 0.15) is 43.5 Å². The molecular formula is C15H23NO3. The summed E-state index contributed by atoms with van der Waals surface area (Å²) in [4.78, 5) is 11.8. The third kappa shape index (κ3) is 5.75. The number of amides is 1. The molecule has 0 aliphatic rings. The molecule has 19 heavy (non-hydrogen) atoms. The Morgan fingerprint density at radius 2 is 1.95 bits per heavy atom. The van der Waals surface area contributed by atoms with Gasteiger partial charge < -0.3 is 15.2 Å². The molecule has 1 unspecified atom stereocenters. The van der Waals surface area contributed by atoms with Gasteiger partial charge in [0.1, 0.15) is 5.75 Å². The number of nitrogens with one attached hydrogen (secondary N) is 1. The molecule has 0 aromatic heterocycles. The summed E-state index contributed by atoms with van der Waals surface area (Å²) in [7, 11) is 0. The lowest BCUT2D eigenvalue weighted by atomic mass is 10.2. The van der Waals surface area contributed by atoms with Crippen LogP contribution >= 0.6 is 0 Å². The second kappa shape index (κ2) is 8.53. The first-order valence-electron chi connectivity index (χ1n) is 6.86. The van der Waals surface area contributed by atoms with Crippen LogP contribution in [0.5, 0.6) is 5.75 Å². The lowest BCUT2D eigenvalue weighted by Gasteiger charge is -2.11. The standard InChI is InChI=1S/C15H23NO3/c1-3-5-13(17)11-16-15(18)12-6-8-14(9-7-12)19-10-4-2/h6-9,13,17H,3-5,10-11H2,1-2H3,(H,16,18). The van der Waals surface area contributed by atoms with E-state index in [-0.39, 0.29) is 5.91 Å². The van der Waals surface area contributed by atoms with E-state index in [0.717, 1.165) is 18.6 Å². The van der Waals surface area contributed by atoms with Crippen LogP contribution in [0.3, 0.4) is 0 Å². The number of carbonyl (C=O) groups is 1. The van der Waals surface area contributed by atoms with Gasteiger partial charge in [0, 0.05) is 12.1 Å². The fourth-order valence-electron chi connectivity index (χ4n) is 1.67. The molecule has 1 amide bonds. The van der Waals surface area contributed by atoms with Crippen LogP contribution in [-0.2, 0) is 0 Å². The number of carbonyl (C=O) groups excluding carboxylic acids is 1. The molecule has 106 valence electrons. The van der Waals surface area contributed by atoms with Crippen molar-refractivity contribution in [3.8, 4) is 5.75 Å². The molecule has 0 heterocycles. The maximum absolute atomic E-state index is 11.8. The highest BCUT2D eigenvalue weighted by Crippen LogP contribution is 2.12. The van der Waals surface area contributed by atoms with Crippen LogP contribution in [0.4, 0.5) is 0 Å². The maximum atomic E-state index is 11.8. The first-order valence-corrected chi connectivity index (χ1v) is 6.86. The number of aliphatic hydroxyl groups excluding tert-OH is 1. The van der Waals surface area contributed by atoms with Crippen molar-refractivity contribution in [3.63, 3.8) is 0 Å². The summed E-state index contributed by atoms with van der Waals surface area (Å²) in [6, 6.07) is 7.03. The Morgan fingerprint density at radius 3 is 2.53 bits per heavy atom. The molecule has 0 radical (unpaired) electrons. The highest BCUT2D eigenvalue weighted by Gasteiger charge is 2.08. The Kier molecular flexibility index (Phi) is 6.97. The predicted octanol–water partition coefficient (Wildman–Crippen LogP) is 2.37. The number of hydrogen-bond donors (Lipinski definition) is 2. The van der Waals surface area contributed by atoms with Gasteiger partial charge in [0.25, 0.3) is 5.91 Å². The van der Waals surface area contributed by atoms with Crippen molar-refractivity contribution in [2.75, 3.05) is 13.2 Å². The average Bonchev–Trinajstić information content (AvgIpc) is 2.43. The Hall–Kier alpha value is -1.55. The summed E-state index contributed by atoms with van der Waals surface area (Å²) < 4.78 is 5.45. The quantitative estimate of drug-likeness (QED) is 0.758. The van der Waals surface area contributed by atoms with Gasteiger partial charge in [-0.05, 0) is 37.1 Å². The Bertz CT molecular complexity index is 375. The highest BCUT2D eigenvalue weighted by atomic mass is 16.5. The fourth-order valence-corrected chi connectivity index (χ4v) is 1.67. The van der Waals surface area contributed by atoms with E-state index in [1.165, 1.54) is 0 Å². The SMILES string of the molecule is CCCOc1ccc(C(=O)NCC(O)CCC)cc1. The van der Waals surface area contributed by atoms with E-state index in [4.69, 9.17) is 4.74 Å². The second-order valence-electron chi connectivity index (χ2n) is 4.53. The van der Waals surface area contributed by atoms with Gasteiger partial charge in [0.05, 0.1) is 12.7 Å². The molecule has 1 atom stereocenters. The van der Waals surface area contributed by atoms with Gasteiger partial charge in [0.2, 0.25) is 0 Å². The molecule has 4 nitrogen and oxygen atoms in total. The molecule has 0 saturated heterocycles. The summed E-state index contributed by atoms with van der Waals surface area (Å²) in [6.45, 7) is 5.01. The third-order valence-corrected chi connectivity index (χ3v) is 2.71. The summed E-state index contributed by atoms with van der Waals surface area (Å²) >= 11 is 0. The number of hydrogen-bond acceptors (Lipinski definition) is 3. The van der Waals surface area contributed by atoms with Crippen molar-refractivity contribution in [2.45, 2.75) is 39.2 Å². The number of aliphatic hydroxyl groups is 1. The number of ether oxygens (including phenoxy) is 1. The van der Waals surface area contributed by atoms with Gasteiger partial charge in [0.15, 0.2) is 0 Å². The molecule has 2 N–H and O–H groups in total. The highest BCUT2D eigenvalue weighted by molar-refractivity contribution is 5.94. The first kappa shape index (κ1) is 15.5. The van der Waals surface area contributed by atoms with Gasteiger partial charge in [-0.1, -0.05) is 20.3 Å². The number of benzene rings is 1. The van der Waals surface area contributed by atoms with E-state index in [2.05, 4.69) is 5.32 Å². The Labute approximate surface area is 114 Å². The topological polar surface area (TPSA) is 58.6 Å².